The molecule has 0 saturated carbocycles. The third-order valence-corrected chi connectivity index (χ3v) is 4.72. The molecule has 0 spiro atoms. The highest BCUT2D eigenvalue weighted by molar-refractivity contribution is 6.41. The van der Waals surface area contributed by atoms with E-state index in [0.29, 0.717) is 23.8 Å². The number of hydrazone groups is 1. The van der Waals surface area contributed by atoms with Gasteiger partial charge in [-0.05, 0) is 17.7 Å². The number of nitrogens with zero attached hydrogens (tertiary/aromatic N) is 3. The van der Waals surface area contributed by atoms with Gasteiger partial charge in [0.05, 0.1) is 19.1 Å². The average Bonchev–Trinajstić information content (AvgIpc) is 3.07. The Bertz CT molecular complexity index is 872. The van der Waals surface area contributed by atoms with Gasteiger partial charge in [-0.15, -0.1) is 0 Å². The molecule has 0 bridgehead atoms. The number of amides is 1. The summed E-state index contributed by atoms with van der Waals surface area (Å²) in [6, 6.07) is 13.7. The van der Waals surface area contributed by atoms with E-state index in [9.17, 15) is 9.18 Å². The largest absolute Gasteiger partial charge is 0.489 e. The van der Waals surface area contributed by atoms with Crippen LogP contribution in [0.1, 0.15) is 11.5 Å². The number of carbonyl (C=O) groups is 1. The lowest BCUT2D eigenvalue weighted by Gasteiger charge is -2.33. The molecule has 26 heavy (non-hydrogen) atoms. The molecule has 0 N–H and O–H groups in total. The fraction of sp³-hybridized carbons (Fsp3) is 0.263. The molecule has 6 nitrogen and oxygen atoms in total. The van der Waals surface area contributed by atoms with Crippen LogP contribution in [-0.4, -0.2) is 43.5 Å². The van der Waals surface area contributed by atoms with E-state index in [1.54, 1.807) is 11.1 Å². The number of rotatable bonds is 3. The molecule has 0 saturated heterocycles. The second kappa shape index (κ2) is 6.42. The molecule has 2 atom stereocenters. The first-order valence-corrected chi connectivity index (χ1v) is 8.27. The Morgan fingerprint density at radius 1 is 1.31 bits per heavy atom. The molecule has 0 fully saturated rings. The number of ether oxygens (including phenoxy) is 1. The van der Waals surface area contributed by atoms with Gasteiger partial charge in [0, 0.05) is 13.1 Å². The summed E-state index contributed by atoms with van der Waals surface area (Å²) in [4.78, 5) is 17.9. The molecule has 2 aromatic rings. The number of halogens is 1. The molecule has 0 unspecified atom stereocenters. The van der Waals surface area contributed by atoms with Gasteiger partial charge in [-0.2, -0.15) is 5.10 Å². The van der Waals surface area contributed by atoms with E-state index in [2.05, 4.69) is 5.10 Å². The van der Waals surface area contributed by atoms with E-state index in [-0.39, 0.29) is 23.7 Å². The fourth-order valence-corrected chi connectivity index (χ4v) is 3.40. The van der Waals surface area contributed by atoms with E-state index in [1.807, 2.05) is 30.3 Å². The summed E-state index contributed by atoms with van der Waals surface area (Å²) in [5.41, 5.74) is 1.80. The lowest BCUT2D eigenvalue weighted by Crippen LogP contribution is -2.42. The van der Waals surface area contributed by atoms with Crippen molar-refractivity contribution < 1.29 is 18.8 Å². The fourth-order valence-electron chi connectivity index (χ4n) is 3.40. The van der Waals surface area contributed by atoms with Crippen LogP contribution in [0.15, 0.2) is 53.6 Å². The van der Waals surface area contributed by atoms with Crippen molar-refractivity contribution >= 4 is 17.3 Å². The molecule has 0 aliphatic carbocycles. The van der Waals surface area contributed by atoms with Gasteiger partial charge in [-0.25, -0.2) is 9.45 Å². The van der Waals surface area contributed by atoms with E-state index in [0.717, 1.165) is 10.6 Å². The van der Waals surface area contributed by atoms with Crippen molar-refractivity contribution in [2.45, 2.75) is 12.0 Å². The van der Waals surface area contributed by atoms with Crippen LogP contribution in [0.25, 0.3) is 0 Å². The topological polar surface area (TPSA) is 54.4 Å². The van der Waals surface area contributed by atoms with Crippen molar-refractivity contribution in [3.05, 3.63) is 59.9 Å². The van der Waals surface area contributed by atoms with Gasteiger partial charge in [0.25, 0.3) is 5.91 Å². The zero-order chi connectivity index (χ0) is 18.3. The van der Waals surface area contributed by atoms with Crippen LogP contribution >= 0.6 is 0 Å². The van der Waals surface area contributed by atoms with Crippen LogP contribution in [0.5, 0.6) is 5.75 Å². The third-order valence-electron chi connectivity index (χ3n) is 4.72. The lowest BCUT2D eigenvalue weighted by molar-refractivity contribution is -0.160. The van der Waals surface area contributed by atoms with Crippen molar-refractivity contribution in [1.82, 2.24) is 5.06 Å². The molecule has 0 aromatic heterocycles. The van der Waals surface area contributed by atoms with E-state index >= 15 is 0 Å². The maximum Gasteiger partial charge on any atom is 0.294 e. The van der Waals surface area contributed by atoms with Gasteiger partial charge in [0.1, 0.15) is 29.6 Å². The Kier molecular flexibility index (Phi) is 4.08. The standard InChI is InChI=1S/C19H18FN3O3/c1-22(25-2)19(24)18-17(12-6-4-3-5-7-12)15-11-26-16-9-8-13(20)10-14(16)23(15)21-18/h3-10,15,17H,11H2,1-2H3/t15-,17-/m0/s1. The zero-order valence-corrected chi connectivity index (χ0v) is 14.4. The quantitative estimate of drug-likeness (QED) is 0.794. The molecule has 2 aliphatic rings. The number of hydrogen-bond acceptors (Lipinski definition) is 5. The van der Waals surface area contributed by atoms with Crippen molar-refractivity contribution in [3.8, 4) is 5.75 Å². The number of anilines is 1. The van der Waals surface area contributed by atoms with Crippen LogP contribution < -0.4 is 9.75 Å². The summed E-state index contributed by atoms with van der Waals surface area (Å²) in [6.07, 6.45) is 0. The number of carbonyl (C=O) groups excluding carboxylic acids is 1. The molecule has 7 heteroatoms. The van der Waals surface area contributed by atoms with Gasteiger partial charge >= 0.3 is 0 Å². The van der Waals surface area contributed by atoms with E-state index < -0.39 is 0 Å². The first-order valence-electron chi connectivity index (χ1n) is 8.27. The predicted molar refractivity (Wildman–Crippen MR) is 94.6 cm³/mol. The molecule has 2 heterocycles. The van der Waals surface area contributed by atoms with Crippen molar-refractivity contribution in [3.63, 3.8) is 0 Å². The Morgan fingerprint density at radius 3 is 2.81 bits per heavy atom. The summed E-state index contributed by atoms with van der Waals surface area (Å²) in [6.45, 7) is 0.342. The maximum absolute atomic E-state index is 13.8. The average molecular weight is 355 g/mol. The van der Waals surface area contributed by atoms with Gasteiger partial charge in [0.2, 0.25) is 0 Å². The Morgan fingerprint density at radius 2 is 2.08 bits per heavy atom. The molecular weight excluding hydrogens is 337 g/mol. The first kappa shape index (κ1) is 16.5. The first-order chi connectivity index (χ1) is 12.6. The Balaban J connectivity index is 1.82. The molecule has 0 radical (unpaired) electrons. The van der Waals surface area contributed by atoms with Crippen LogP contribution in [0, 0.1) is 5.82 Å². The van der Waals surface area contributed by atoms with Crippen LogP contribution in [0.2, 0.25) is 0 Å². The maximum atomic E-state index is 13.8. The Hall–Kier alpha value is -2.93. The summed E-state index contributed by atoms with van der Waals surface area (Å²) >= 11 is 0. The van der Waals surface area contributed by atoms with Crippen molar-refractivity contribution in [2.75, 3.05) is 25.8 Å². The van der Waals surface area contributed by atoms with Gasteiger partial charge < -0.3 is 4.74 Å². The second-order valence-electron chi connectivity index (χ2n) is 6.19. The van der Waals surface area contributed by atoms with Crippen LogP contribution in [0.4, 0.5) is 10.1 Å². The van der Waals surface area contributed by atoms with E-state index in [4.69, 9.17) is 9.57 Å². The van der Waals surface area contributed by atoms with Crippen molar-refractivity contribution in [1.29, 1.82) is 0 Å². The minimum atomic E-state index is -0.381. The molecule has 2 aromatic carbocycles. The zero-order valence-electron chi connectivity index (χ0n) is 14.4. The minimum absolute atomic E-state index is 0.240. The molecule has 1 amide bonds. The molecule has 4 rings (SSSR count). The van der Waals surface area contributed by atoms with Crippen LogP contribution in [0.3, 0.4) is 0 Å². The normalized spacial score (nSPS) is 20.7. The number of fused-ring (bicyclic) bond motifs is 3. The summed E-state index contributed by atoms with van der Waals surface area (Å²) in [5.74, 6) is -0.480. The molecular formula is C19H18FN3O3. The second-order valence-corrected chi connectivity index (χ2v) is 6.19. The minimum Gasteiger partial charge on any atom is -0.489 e. The smallest absolute Gasteiger partial charge is 0.294 e. The lowest BCUT2D eigenvalue weighted by atomic mass is 9.87. The van der Waals surface area contributed by atoms with Crippen LogP contribution in [-0.2, 0) is 9.63 Å². The number of hydroxylamine groups is 2. The summed E-state index contributed by atoms with van der Waals surface area (Å²) in [5, 5.41) is 7.38. The number of benzene rings is 2. The molecule has 134 valence electrons. The highest BCUT2D eigenvalue weighted by Crippen LogP contribution is 2.43. The highest BCUT2D eigenvalue weighted by atomic mass is 19.1. The number of hydrogen-bond donors (Lipinski definition) is 0. The summed E-state index contributed by atoms with van der Waals surface area (Å²) in [7, 11) is 2.96. The highest BCUT2D eigenvalue weighted by Gasteiger charge is 2.46. The van der Waals surface area contributed by atoms with Gasteiger partial charge in [0.15, 0.2) is 0 Å². The van der Waals surface area contributed by atoms with E-state index in [1.165, 1.54) is 26.3 Å². The van der Waals surface area contributed by atoms with Gasteiger partial charge in [-0.3, -0.25) is 14.6 Å². The molecule has 2 aliphatic heterocycles. The Labute approximate surface area is 150 Å². The summed E-state index contributed by atoms with van der Waals surface area (Å²) < 4.78 is 19.6. The third kappa shape index (κ3) is 2.61. The monoisotopic (exact) mass is 355 g/mol. The van der Waals surface area contributed by atoms with Crippen molar-refractivity contribution in [2.24, 2.45) is 5.10 Å². The predicted octanol–water partition coefficient (Wildman–Crippen LogP) is 2.57. The SMILES string of the molecule is CON(C)C(=O)C1=NN2c3cc(F)ccc3OC[C@H]2[C@@H]1c1ccccc1. The van der Waals surface area contributed by atoms with Gasteiger partial charge in [-0.1, -0.05) is 30.3 Å².